The third-order valence-corrected chi connectivity index (χ3v) is 6.05. The zero-order valence-electron chi connectivity index (χ0n) is 17.6. The second kappa shape index (κ2) is 11.2. The van der Waals surface area contributed by atoms with Crippen LogP contribution in [0, 0.1) is 13.0 Å². The molecular formula is C21H20FI2N7O2. The number of hydrogen-bond donors (Lipinski definition) is 2. The van der Waals surface area contributed by atoms with Crippen molar-refractivity contribution in [3.63, 3.8) is 0 Å². The van der Waals surface area contributed by atoms with Crippen LogP contribution in [0.5, 0.6) is 5.75 Å². The molecule has 33 heavy (non-hydrogen) atoms. The summed E-state index contributed by atoms with van der Waals surface area (Å²) in [7, 11) is 1.63. The molecule has 172 valence electrons. The fraction of sp³-hybridized carbons (Fsp3) is 0.238. The van der Waals surface area contributed by atoms with Crippen LogP contribution in [-0.4, -0.2) is 54.6 Å². The van der Waals surface area contributed by atoms with Gasteiger partial charge in [0.25, 0.3) is 0 Å². The Hall–Kier alpha value is -2.33. The number of nitrogens with zero attached hydrogens (tertiary/aromatic N) is 5. The van der Waals surface area contributed by atoms with Gasteiger partial charge in [0.15, 0.2) is 0 Å². The van der Waals surface area contributed by atoms with Gasteiger partial charge in [-0.05, 0) is 81.6 Å². The van der Waals surface area contributed by atoms with E-state index in [1.54, 1.807) is 25.5 Å². The van der Waals surface area contributed by atoms with Crippen molar-refractivity contribution in [2.75, 3.05) is 49.1 Å². The van der Waals surface area contributed by atoms with Gasteiger partial charge in [0.1, 0.15) is 11.6 Å². The van der Waals surface area contributed by atoms with E-state index in [2.05, 4.69) is 76.0 Å². The molecule has 1 aromatic heterocycles. The molecule has 1 fully saturated rings. The van der Waals surface area contributed by atoms with Crippen molar-refractivity contribution in [1.29, 1.82) is 0 Å². The highest BCUT2D eigenvalue weighted by atomic mass is 127. The van der Waals surface area contributed by atoms with Crippen molar-refractivity contribution in [3.05, 3.63) is 54.9 Å². The van der Waals surface area contributed by atoms with E-state index in [9.17, 15) is 4.39 Å². The lowest BCUT2D eigenvalue weighted by molar-refractivity contribution is 0.122. The minimum atomic E-state index is -0.317. The average molecular weight is 675 g/mol. The summed E-state index contributed by atoms with van der Waals surface area (Å²) < 4.78 is 26.2. The lowest BCUT2D eigenvalue weighted by atomic mass is 10.2. The van der Waals surface area contributed by atoms with Crippen LogP contribution in [0.1, 0.15) is 5.56 Å². The smallest absolute Gasteiger partial charge is 0.250 e. The van der Waals surface area contributed by atoms with Crippen LogP contribution in [0.3, 0.4) is 0 Å². The summed E-state index contributed by atoms with van der Waals surface area (Å²) in [5, 5.41) is 7.41. The second-order valence-corrected chi connectivity index (χ2v) is 9.30. The summed E-state index contributed by atoms with van der Waals surface area (Å²) >= 11 is 4.48. The van der Waals surface area contributed by atoms with Gasteiger partial charge in [0.05, 0.1) is 30.1 Å². The summed E-state index contributed by atoms with van der Waals surface area (Å²) in [6, 6.07) is 9.96. The number of ether oxygens (including phenoxy) is 2. The number of nitrogens with one attached hydrogen (secondary N) is 2. The van der Waals surface area contributed by atoms with E-state index in [-0.39, 0.29) is 11.8 Å². The molecule has 2 aromatic carbocycles. The Balaban J connectivity index is 1.59. The summed E-state index contributed by atoms with van der Waals surface area (Å²) in [6.07, 6.45) is 1.66. The molecule has 3 aromatic rings. The molecule has 9 nitrogen and oxygen atoms in total. The Bertz CT molecular complexity index is 1140. The van der Waals surface area contributed by atoms with Crippen molar-refractivity contribution in [1.82, 2.24) is 15.0 Å². The molecule has 2 heterocycles. The number of methoxy groups -OCH3 is 1. The zero-order valence-corrected chi connectivity index (χ0v) is 21.9. The molecule has 0 spiro atoms. The van der Waals surface area contributed by atoms with Gasteiger partial charge in [0.2, 0.25) is 17.8 Å². The Labute approximate surface area is 217 Å². The lowest BCUT2D eigenvalue weighted by Crippen LogP contribution is -2.37. The number of anilines is 4. The number of benzene rings is 2. The van der Waals surface area contributed by atoms with Gasteiger partial charge >= 0.3 is 0 Å². The van der Waals surface area contributed by atoms with E-state index in [0.29, 0.717) is 43.9 Å². The molecular weight excluding hydrogens is 655 g/mol. The van der Waals surface area contributed by atoms with Crippen molar-refractivity contribution >= 4 is 74.9 Å². The summed E-state index contributed by atoms with van der Waals surface area (Å²) in [4.78, 5) is 15.5. The lowest BCUT2D eigenvalue weighted by Gasteiger charge is -2.27. The monoisotopic (exact) mass is 675 g/mol. The van der Waals surface area contributed by atoms with E-state index in [1.165, 1.54) is 12.1 Å². The molecule has 0 atom stereocenters. The van der Waals surface area contributed by atoms with Crippen LogP contribution < -0.4 is 20.4 Å². The Morgan fingerprint density at radius 2 is 1.82 bits per heavy atom. The minimum Gasteiger partial charge on any atom is -0.495 e. The number of rotatable bonds is 7. The number of halogens is 3. The van der Waals surface area contributed by atoms with Crippen molar-refractivity contribution < 1.29 is 13.9 Å². The van der Waals surface area contributed by atoms with Gasteiger partial charge < -0.3 is 19.7 Å². The minimum absolute atomic E-state index is 0.270. The Morgan fingerprint density at radius 3 is 2.55 bits per heavy atom. The highest BCUT2D eigenvalue weighted by molar-refractivity contribution is 14.1. The SMILES string of the molecule is COc1c(I)cc(I)cc1C=NNc1nc(Nc2ccc(F)cc2)nc(N2CCOCC2)n1. The van der Waals surface area contributed by atoms with Crippen molar-refractivity contribution in [2.45, 2.75) is 0 Å². The third-order valence-electron chi connectivity index (χ3n) is 4.63. The standard InChI is InChI=1S/C21H20FI2N7O2/c1-32-18-13(10-15(23)11-17(18)24)12-25-30-20-27-19(26-16-4-2-14(22)3-5-16)28-21(29-20)31-6-8-33-9-7-31/h2-5,10-12H,6-9H2,1H3,(H2,26,27,28,29,30). The first-order valence-corrected chi connectivity index (χ1v) is 12.1. The maximum Gasteiger partial charge on any atom is 0.250 e. The largest absolute Gasteiger partial charge is 0.495 e. The van der Waals surface area contributed by atoms with E-state index < -0.39 is 0 Å². The molecule has 0 saturated carbocycles. The Kier molecular flexibility index (Phi) is 8.08. The molecule has 2 N–H and O–H groups in total. The van der Waals surface area contributed by atoms with Gasteiger partial charge in [-0.15, -0.1) is 0 Å². The van der Waals surface area contributed by atoms with E-state index in [4.69, 9.17) is 9.47 Å². The molecule has 1 saturated heterocycles. The first-order chi connectivity index (χ1) is 16.0. The van der Waals surface area contributed by atoms with Crippen molar-refractivity contribution in [2.24, 2.45) is 5.10 Å². The molecule has 4 rings (SSSR count). The first-order valence-electron chi connectivity index (χ1n) is 9.95. The predicted octanol–water partition coefficient (Wildman–Crippen LogP) is 4.25. The number of morpholine rings is 1. The van der Waals surface area contributed by atoms with Gasteiger partial charge in [-0.25, -0.2) is 9.82 Å². The first kappa shape index (κ1) is 23.8. The molecule has 1 aliphatic heterocycles. The maximum atomic E-state index is 13.3. The van der Waals surface area contributed by atoms with Crippen LogP contribution in [0.2, 0.25) is 0 Å². The van der Waals surface area contributed by atoms with Gasteiger partial charge in [-0.3, -0.25) is 0 Å². The number of hydrazone groups is 1. The number of hydrogen-bond acceptors (Lipinski definition) is 9. The summed E-state index contributed by atoms with van der Waals surface area (Å²) in [6.45, 7) is 2.53. The van der Waals surface area contributed by atoms with E-state index in [0.717, 1.165) is 18.5 Å². The number of aromatic nitrogens is 3. The van der Waals surface area contributed by atoms with Crippen LogP contribution in [0.4, 0.5) is 27.9 Å². The highest BCUT2D eigenvalue weighted by Crippen LogP contribution is 2.27. The molecule has 0 amide bonds. The van der Waals surface area contributed by atoms with Crippen LogP contribution in [0.15, 0.2) is 41.5 Å². The van der Waals surface area contributed by atoms with Crippen LogP contribution in [-0.2, 0) is 4.74 Å². The zero-order chi connectivity index (χ0) is 23.2. The molecule has 0 aliphatic carbocycles. The summed E-state index contributed by atoms with van der Waals surface area (Å²) in [5.74, 6) is 1.51. The normalized spacial score (nSPS) is 13.9. The Morgan fingerprint density at radius 1 is 1.09 bits per heavy atom. The van der Waals surface area contributed by atoms with Crippen LogP contribution >= 0.6 is 45.2 Å². The topological polar surface area (TPSA) is 96.8 Å². The molecule has 0 radical (unpaired) electrons. The molecule has 1 aliphatic rings. The molecule has 0 bridgehead atoms. The predicted molar refractivity (Wildman–Crippen MR) is 142 cm³/mol. The summed E-state index contributed by atoms with van der Waals surface area (Å²) in [5.41, 5.74) is 4.37. The average Bonchev–Trinajstić information content (AvgIpc) is 2.81. The quantitative estimate of drug-likeness (QED) is 0.218. The van der Waals surface area contributed by atoms with E-state index in [1.807, 2.05) is 17.0 Å². The van der Waals surface area contributed by atoms with Crippen LogP contribution in [0.25, 0.3) is 0 Å². The highest BCUT2D eigenvalue weighted by Gasteiger charge is 2.17. The van der Waals surface area contributed by atoms with Crippen molar-refractivity contribution in [3.8, 4) is 5.75 Å². The second-order valence-electron chi connectivity index (χ2n) is 6.89. The molecule has 0 unspecified atom stereocenters. The third kappa shape index (κ3) is 6.38. The fourth-order valence-corrected chi connectivity index (χ4v) is 5.20. The van der Waals surface area contributed by atoms with Gasteiger partial charge in [-0.1, -0.05) is 0 Å². The maximum absolute atomic E-state index is 13.3. The van der Waals surface area contributed by atoms with Gasteiger partial charge in [-0.2, -0.15) is 20.1 Å². The molecule has 12 heteroatoms. The van der Waals surface area contributed by atoms with Gasteiger partial charge in [0, 0.05) is 27.9 Å². The fourth-order valence-electron chi connectivity index (χ4n) is 3.09. The van der Waals surface area contributed by atoms with E-state index >= 15 is 0 Å².